The highest BCUT2D eigenvalue weighted by atomic mass is 16.5. The molecule has 0 aromatic carbocycles. The first-order valence-electron chi connectivity index (χ1n) is 3.41. The summed E-state index contributed by atoms with van der Waals surface area (Å²) in [7, 11) is 1.43. The molecular weight excluding hydrogens is 128 g/mol. The van der Waals surface area contributed by atoms with Gasteiger partial charge in [-0.2, -0.15) is 0 Å². The molecule has 0 aliphatic heterocycles. The minimum absolute atomic E-state index is 0.0869. The van der Waals surface area contributed by atoms with E-state index >= 15 is 0 Å². The van der Waals surface area contributed by atoms with Crippen LogP contribution < -0.4 is 0 Å². The quantitative estimate of drug-likeness (QED) is 0.407. The van der Waals surface area contributed by atoms with Crippen molar-refractivity contribution in [3.63, 3.8) is 0 Å². The SMILES string of the molecule is COC(=O)C1CC1=C(C)C. The van der Waals surface area contributed by atoms with Crippen LogP contribution in [0.25, 0.3) is 0 Å². The Hall–Kier alpha value is -0.790. The maximum atomic E-state index is 10.8. The predicted molar refractivity (Wildman–Crippen MR) is 38.5 cm³/mol. The third-order valence-electron chi connectivity index (χ3n) is 1.81. The topological polar surface area (TPSA) is 26.3 Å². The molecule has 0 bridgehead atoms. The first-order chi connectivity index (χ1) is 4.66. The van der Waals surface area contributed by atoms with Crippen molar-refractivity contribution < 1.29 is 9.53 Å². The van der Waals surface area contributed by atoms with Gasteiger partial charge in [0, 0.05) is 0 Å². The Balaban J connectivity index is 2.54. The maximum Gasteiger partial charge on any atom is 0.313 e. The summed E-state index contributed by atoms with van der Waals surface area (Å²) >= 11 is 0. The number of esters is 1. The largest absolute Gasteiger partial charge is 0.469 e. The third-order valence-corrected chi connectivity index (χ3v) is 1.81. The van der Waals surface area contributed by atoms with Gasteiger partial charge < -0.3 is 4.74 Å². The van der Waals surface area contributed by atoms with E-state index < -0.39 is 0 Å². The Bertz CT molecular complexity index is 187. The summed E-state index contributed by atoms with van der Waals surface area (Å²) < 4.78 is 4.58. The van der Waals surface area contributed by atoms with E-state index in [-0.39, 0.29) is 11.9 Å². The summed E-state index contributed by atoms with van der Waals surface area (Å²) in [5.74, 6) is 0.00574. The summed E-state index contributed by atoms with van der Waals surface area (Å²) in [6.45, 7) is 4.05. The van der Waals surface area contributed by atoms with Crippen LogP contribution in [0.1, 0.15) is 20.3 Å². The van der Waals surface area contributed by atoms with Gasteiger partial charge in [-0.25, -0.2) is 0 Å². The number of carbonyl (C=O) groups excluding carboxylic acids is 1. The monoisotopic (exact) mass is 140 g/mol. The lowest BCUT2D eigenvalue weighted by atomic mass is 10.3. The highest BCUT2D eigenvalue weighted by Gasteiger charge is 2.38. The van der Waals surface area contributed by atoms with Gasteiger partial charge in [-0.05, 0) is 20.3 Å². The fourth-order valence-corrected chi connectivity index (χ4v) is 1.08. The summed E-state index contributed by atoms with van der Waals surface area (Å²) in [5.41, 5.74) is 2.52. The molecule has 0 heterocycles. The van der Waals surface area contributed by atoms with Crippen molar-refractivity contribution in [3.05, 3.63) is 11.1 Å². The van der Waals surface area contributed by atoms with Gasteiger partial charge in [-0.15, -0.1) is 0 Å². The van der Waals surface area contributed by atoms with Gasteiger partial charge in [0.25, 0.3) is 0 Å². The van der Waals surface area contributed by atoms with E-state index in [0.717, 1.165) is 6.42 Å². The Morgan fingerprint density at radius 3 is 2.50 bits per heavy atom. The molecule has 1 atom stereocenters. The second-order valence-corrected chi connectivity index (χ2v) is 2.81. The summed E-state index contributed by atoms with van der Waals surface area (Å²) in [4.78, 5) is 10.8. The van der Waals surface area contributed by atoms with Crippen LogP contribution in [-0.4, -0.2) is 13.1 Å². The summed E-state index contributed by atoms with van der Waals surface area (Å²) in [6, 6.07) is 0. The first-order valence-corrected chi connectivity index (χ1v) is 3.41. The molecule has 10 heavy (non-hydrogen) atoms. The van der Waals surface area contributed by atoms with E-state index in [1.807, 2.05) is 13.8 Å². The zero-order chi connectivity index (χ0) is 7.72. The minimum Gasteiger partial charge on any atom is -0.469 e. The van der Waals surface area contributed by atoms with Gasteiger partial charge in [0.05, 0.1) is 13.0 Å². The Morgan fingerprint density at radius 2 is 2.20 bits per heavy atom. The fourth-order valence-electron chi connectivity index (χ4n) is 1.08. The number of ether oxygens (including phenoxy) is 1. The molecule has 1 fully saturated rings. The van der Waals surface area contributed by atoms with Crippen molar-refractivity contribution >= 4 is 5.97 Å². The highest BCUT2D eigenvalue weighted by Crippen LogP contribution is 2.40. The molecule has 2 nitrogen and oxygen atoms in total. The minimum atomic E-state index is -0.0869. The van der Waals surface area contributed by atoms with Gasteiger partial charge in [0.15, 0.2) is 0 Å². The molecule has 0 saturated heterocycles. The van der Waals surface area contributed by atoms with Gasteiger partial charge in [-0.1, -0.05) is 11.1 Å². The first kappa shape index (κ1) is 7.32. The lowest BCUT2D eigenvalue weighted by Gasteiger charge is -1.92. The lowest BCUT2D eigenvalue weighted by molar-refractivity contribution is -0.141. The molecule has 1 rings (SSSR count). The van der Waals surface area contributed by atoms with Gasteiger partial charge in [0.1, 0.15) is 0 Å². The molecule has 1 saturated carbocycles. The van der Waals surface area contributed by atoms with Gasteiger partial charge in [-0.3, -0.25) is 4.79 Å². The van der Waals surface area contributed by atoms with E-state index in [4.69, 9.17) is 0 Å². The molecule has 0 spiro atoms. The molecule has 2 heteroatoms. The summed E-state index contributed by atoms with van der Waals surface area (Å²) in [5, 5.41) is 0. The Kier molecular flexibility index (Phi) is 1.79. The van der Waals surface area contributed by atoms with Crippen LogP contribution in [0, 0.1) is 5.92 Å². The van der Waals surface area contributed by atoms with Crippen LogP contribution >= 0.6 is 0 Å². The molecule has 56 valence electrons. The van der Waals surface area contributed by atoms with Crippen molar-refractivity contribution in [2.24, 2.45) is 5.92 Å². The lowest BCUT2D eigenvalue weighted by Crippen LogP contribution is -2.01. The van der Waals surface area contributed by atoms with Crippen molar-refractivity contribution in [1.82, 2.24) is 0 Å². The molecule has 1 unspecified atom stereocenters. The standard InChI is InChI=1S/C8H12O2/c1-5(2)6-4-7(6)8(9)10-3/h7H,4H2,1-3H3. The molecule has 1 aliphatic carbocycles. The van der Waals surface area contributed by atoms with E-state index in [1.165, 1.54) is 18.3 Å². The van der Waals surface area contributed by atoms with Crippen LogP contribution in [0.3, 0.4) is 0 Å². The molecule has 0 aromatic rings. The number of hydrogen-bond donors (Lipinski definition) is 0. The van der Waals surface area contributed by atoms with Crippen LogP contribution in [-0.2, 0) is 9.53 Å². The average Bonchev–Trinajstić information content (AvgIpc) is 2.64. The Labute approximate surface area is 60.9 Å². The van der Waals surface area contributed by atoms with Crippen LogP contribution in [0.5, 0.6) is 0 Å². The average molecular weight is 140 g/mol. The molecular formula is C8H12O2. The molecule has 0 N–H and O–H groups in total. The Morgan fingerprint density at radius 1 is 1.60 bits per heavy atom. The zero-order valence-corrected chi connectivity index (χ0v) is 6.60. The third kappa shape index (κ3) is 1.20. The van der Waals surface area contributed by atoms with Crippen molar-refractivity contribution in [2.75, 3.05) is 7.11 Å². The molecule has 1 aliphatic rings. The fraction of sp³-hybridized carbons (Fsp3) is 0.625. The molecule has 0 aromatic heterocycles. The highest BCUT2D eigenvalue weighted by molar-refractivity contribution is 5.81. The van der Waals surface area contributed by atoms with E-state index in [2.05, 4.69) is 4.74 Å². The second-order valence-electron chi connectivity index (χ2n) is 2.81. The number of hydrogen-bond acceptors (Lipinski definition) is 2. The maximum absolute atomic E-state index is 10.8. The predicted octanol–water partition coefficient (Wildman–Crippen LogP) is 1.52. The van der Waals surface area contributed by atoms with Gasteiger partial charge in [0.2, 0.25) is 0 Å². The smallest absolute Gasteiger partial charge is 0.313 e. The van der Waals surface area contributed by atoms with E-state index in [1.54, 1.807) is 0 Å². The van der Waals surface area contributed by atoms with E-state index in [9.17, 15) is 4.79 Å². The van der Waals surface area contributed by atoms with Gasteiger partial charge >= 0.3 is 5.97 Å². The van der Waals surface area contributed by atoms with Crippen molar-refractivity contribution in [3.8, 4) is 0 Å². The van der Waals surface area contributed by atoms with Crippen LogP contribution in [0.2, 0.25) is 0 Å². The van der Waals surface area contributed by atoms with Crippen LogP contribution in [0.15, 0.2) is 11.1 Å². The number of rotatable bonds is 1. The second kappa shape index (κ2) is 2.45. The normalized spacial score (nSPS) is 22.3. The zero-order valence-electron chi connectivity index (χ0n) is 6.60. The van der Waals surface area contributed by atoms with Crippen molar-refractivity contribution in [1.29, 1.82) is 0 Å². The molecule has 0 amide bonds. The molecule has 0 radical (unpaired) electrons. The van der Waals surface area contributed by atoms with E-state index in [0.29, 0.717) is 0 Å². The number of allylic oxidation sites excluding steroid dienone is 1. The number of carbonyl (C=O) groups is 1. The number of methoxy groups -OCH3 is 1. The van der Waals surface area contributed by atoms with Crippen LogP contribution in [0.4, 0.5) is 0 Å². The summed E-state index contributed by atoms with van der Waals surface area (Å²) in [6.07, 6.45) is 0.912. The van der Waals surface area contributed by atoms with Crippen molar-refractivity contribution in [2.45, 2.75) is 20.3 Å².